The van der Waals surface area contributed by atoms with E-state index < -0.39 is 0 Å². The van der Waals surface area contributed by atoms with Gasteiger partial charge in [0.1, 0.15) is 0 Å². The SMILES string of the molecule is CCCCCCCCCCCCCC(=O)OCCC[S]. The molecule has 0 saturated heterocycles. The van der Waals surface area contributed by atoms with Crippen LogP contribution < -0.4 is 0 Å². The van der Waals surface area contributed by atoms with Crippen LogP contribution in [-0.2, 0) is 9.53 Å². The van der Waals surface area contributed by atoms with Gasteiger partial charge in [-0.25, -0.2) is 0 Å². The molecule has 0 saturated carbocycles. The van der Waals surface area contributed by atoms with Crippen molar-refractivity contribution in [2.24, 2.45) is 0 Å². The molecule has 0 amide bonds. The average Bonchev–Trinajstić information content (AvgIpc) is 2.45. The molecule has 1 radical (unpaired) electrons. The summed E-state index contributed by atoms with van der Waals surface area (Å²) in [5.41, 5.74) is 0. The first-order chi connectivity index (χ1) is 9.81. The van der Waals surface area contributed by atoms with E-state index in [0.717, 1.165) is 19.3 Å². The van der Waals surface area contributed by atoms with Gasteiger partial charge in [-0.05, 0) is 12.8 Å². The van der Waals surface area contributed by atoms with E-state index in [0.29, 0.717) is 18.8 Å². The Balaban J connectivity index is 3.07. The maximum absolute atomic E-state index is 11.3. The Morgan fingerprint density at radius 2 is 1.30 bits per heavy atom. The third-order valence-corrected chi connectivity index (χ3v) is 3.82. The van der Waals surface area contributed by atoms with Gasteiger partial charge >= 0.3 is 5.97 Å². The van der Waals surface area contributed by atoms with Crippen molar-refractivity contribution in [1.82, 2.24) is 0 Å². The molecular formula is C17H33O2S. The van der Waals surface area contributed by atoms with E-state index in [4.69, 9.17) is 17.4 Å². The first-order valence-electron chi connectivity index (χ1n) is 8.55. The summed E-state index contributed by atoms with van der Waals surface area (Å²) in [7, 11) is 0. The molecule has 0 aliphatic rings. The molecule has 0 rings (SSSR count). The van der Waals surface area contributed by atoms with E-state index in [1.165, 1.54) is 57.8 Å². The van der Waals surface area contributed by atoms with Crippen LogP contribution >= 0.6 is 12.6 Å². The Morgan fingerprint density at radius 3 is 1.80 bits per heavy atom. The van der Waals surface area contributed by atoms with Gasteiger partial charge in [0.05, 0.1) is 6.61 Å². The molecule has 0 heterocycles. The zero-order valence-electron chi connectivity index (χ0n) is 13.3. The smallest absolute Gasteiger partial charge is 0.305 e. The Labute approximate surface area is 131 Å². The van der Waals surface area contributed by atoms with Crippen LogP contribution in [0.4, 0.5) is 0 Å². The molecule has 0 aliphatic heterocycles. The van der Waals surface area contributed by atoms with E-state index in [2.05, 4.69) is 6.92 Å². The minimum absolute atomic E-state index is 0.0515. The molecule has 0 aromatic heterocycles. The Hall–Kier alpha value is -0.180. The van der Waals surface area contributed by atoms with Gasteiger partial charge in [-0.2, -0.15) is 0 Å². The predicted octanol–water partition coefficient (Wildman–Crippen LogP) is 5.82. The number of unbranched alkanes of at least 4 members (excludes halogenated alkanes) is 10. The number of ether oxygens (including phenoxy) is 1. The molecule has 0 N–H and O–H groups in total. The highest BCUT2D eigenvalue weighted by atomic mass is 32.1. The zero-order chi connectivity index (χ0) is 14.9. The Morgan fingerprint density at radius 1 is 0.800 bits per heavy atom. The van der Waals surface area contributed by atoms with Crippen LogP contribution in [0.1, 0.15) is 90.4 Å². The number of carbonyl (C=O) groups is 1. The molecule has 0 aromatic carbocycles. The monoisotopic (exact) mass is 301 g/mol. The summed E-state index contributed by atoms with van der Waals surface area (Å²) in [5.74, 6) is 0.621. The van der Waals surface area contributed by atoms with Crippen molar-refractivity contribution in [1.29, 1.82) is 0 Å². The highest BCUT2D eigenvalue weighted by Gasteiger charge is 2.01. The lowest BCUT2D eigenvalue weighted by molar-refractivity contribution is -0.143. The van der Waals surface area contributed by atoms with Crippen molar-refractivity contribution < 1.29 is 9.53 Å². The quantitative estimate of drug-likeness (QED) is 0.281. The fraction of sp³-hybridized carbons (Fsp3) is 0.941. The third kappa shape index (κ3) is 15.9. The lowest BCUT2D eigenvalue weighted by Crippen LogP contribution is -2.05. The normalized spacial score (nSPS) is 10.7. The predicted molar refractivity (Wildman–Crippen MR) is 89.1 cm³/mol. The second kappa shape index (κ2) is 16.9. The second-order valence-electron chi connectivity index (χ2n) is 5.56. The average molecular weight is 302 g/mol. The van der Waals surface area contributed by atoms with Gasteiger partial charge in [-0.15, -0.1) is 0 Å². The number of carbonyl (C=O) groups excluding carboxylic acids is 1. The molecular weight excluding hydrogens is 268 g/mol. The van der Waals surface area contributed by atoms with Gasteiger partial charge in [-0.3, -0.25) is 4.79 Å². The second-order valence-corrected chi connectivity index (χ2v) is 5.97. The van der Waals surface area contributed by atoms with Crippen molar-refractivity contribution in [3.63, 3.8) is 0 Å². The maximum atomic E-state index is 11.3. The summed E-state index contributed by atoms with van der Waals surface area (Å²) in [6.07, 6.45) is 15.8. The first kappa shape index (κ1) is 19.8. The van der Waals surface area contributed by atoms with Crippen molar-refractivity contribution in [3.05, 3.63) is 0 Å². The summed E-state index contributed by atoms with van der Waals surface area (Å²) in [6, 6.07) is 0. The summed E-state index contributed by atoms with van der Waals surface area (Å²) in [4.78, 5) is 11.3. The zero-order valence-corrected chi connectivity index (χ0v) is 14.1. The van der Waals surface area contributed by atoms with Crippen LogP contribution in [0.3, 0.4) is 0 Å². The lowest BCUT2D eigenvalue weighted by Gasteiger charge is -2.04. The number of hydrogen-bond acceptors (Lipinski definition) is 2. The topological polar surface area (TPSA) is 26.3 Å². The highest BCUT2D eigenvalue weighted by molar-refractivity contribution is 7.80. The molecule has 20 heavy (non-hydrogen) atoms. The van der Waals surface area contributed by atoms with E-state index >= 15 is 0 Å². The van der Waals surface area contributed by atoms with Crippen molar-refractivity contribution in [3.8, 4) is 0 Å². The van der Waals surface area contributed by atoms with Crippen molar-refractivity contribution in [2.45, 2.75) is 90.4 Å². The Kier molecular flexibility index (Phi) is 16.7. The number of esters is 1. The van der Waals surface area contributed by atoms with Gasteiger partial charge < -0.3 is 4.74 Å². The standard InChI is InChI=1S/C17H33O2S/c1-2-3-4-5-6-7-8-9-10-11-12-14-17(18)19-15-13-16-20/h2-16H2,1H3. The summed E-state index contributed by atoms with van der Waals surface area (Å²) in [6.45, 7) is 2.76. The van der Waals surface area contributed by atoms with Crippen LogP contribution in [-0.4, -0.2) is 18.3 Å². The van der Waals surface area contributed by atoms with Crippen LogP contribution in [0.25, 0.3) is 0 Å². The van der Waals surface area contributed by atoms with Crippen molar-refractivity contribution >= 4 is 18.6 Å². The fourth-order valence-corrected chi connectivity index (χ4v) is 2.37. The van der Waals surface area contributed by atoms with Gasteiger partial charge in [0.25, 0.3) is 0 Å². The van der Waals surface area contributed by atoms with Gasteiger partial charge in [0.15, 0.2) is 0 Å². The lowest BCUT2D eigenvalue weighted by atomic mass is 10.1. The van der Waals surface area contributed by atoms with Crippen LogP contribution in [0, 0.1) is 0 Å². The van der Waals surface area contributed by atoms with Gasteiger partial charge in [0, 0.05) is 12.2 Å². The highest BCUT2D eigenvalue weighted by Crippen LogP contribution is 2.12. The molecule has 0 fully saturated rings. The summed E-state index contributed by atoms with van der Waals surface area (Å²) in [5, 5.41) is 0. The molecule has 0 aromatic rings. The molecule has 0 aliphatic carbocycles. The first-order valence-corrected chi connectivity index (χ1v) is 9.12. The van der Waals surface area contributed by atoms with Gasteiger partial charge in [-0.1, -0.05) is 83.8 Å². The largest absolute Gasteiger partial charge is 0.466 e. The molecule has 0 unspecified atom stereocenters. The summed E-state index contributed by atoms with van der Waals surface area (Å²) >= 11 is 4.80. The van der Waals surface area contributed by atoms with E-state index in [-0.39, 0.29) is 5.97 Å². The minimum Gasteiger partial charge on any atom is -0.466 e. The summed E-state index contributed by atoms with van der Waals surface area (Å²) < 4.78 is 5.07. The maximum Gasteiger partial charge on any atom is 0.305 e. The van der Waals surface area contributed by atoms with E-state index in [1.54, 1.807) is 0 Å². The van der Waals surface area contributed by atoms with Crippen LogP contribution in [0.2, 0.25) is 0 Å². The van der Waals surface area contributed by atoms with Crippen LogP contribution in [0.5, 0.6) is 0 Å². The Bertz CT molecular complexity index is 207. The molecule has 119 valence electrons. The number of rotatable bonds is 15. The van der Waals surface area contributed by atoms with Crippen LogP contribution in [0.15, 0.2) is 0 Å². The fourth-order valence-electron chi connectivity index (χ4n) is 2.25. The number of hydrogen-bond donors (Lipinski definition) is 0. The minimum atomic E-state index is -0.0515. The van der Waals surface area contributed by atoms with Crippen molar-refractivity contribution in [2.75, 3.05) is 12.4 Å². The van der Waals surface area contributed by atoms with Gasteiger partial charge in [0.2, 0.25) is 0 Å². The van der Waals surface area contributed by atoms with E-state index in [9.17, 15) is 4.79 Å². The molecule has 0 atom stereocenters. The molecule has 2 nitrogen and oxygen atoms in total. The molecule has 0 bridgehead atoms. The van der Waals surface area contributed by atoms with E-state index in [1.807, 2.05) is 0 Å². The molecule has 0 spiro atoms. The third-order valence-electron chi connectivity index (χ3n) is 3.54. The molecule has 3 heteroatoms.